The van der Waals surface area contributed by atoms with Crippen molar-refractivity contribution in [1.29, 1.82) is 0 Å². The van der Waals surface area contributed by atoms with Crippen molar-refractivity contribution < 1.29 is 13.5 Å². The number of benzene rings is 2. The van der Waals surface area contributed by atoms with Crippen LogP contribution in [0.25, 0.3) is 5.69 Å². The summed E-state index contributed by atoms with van der Waals surface area (Å²) >= 11 is 0. The van der Waals surface area contributed by atoms with E-state index in [2.05, 4.69) is 4.72 Å². The smallest absolute Gasteiger partial charge is 0.275 e. The fraction of sp³-hybridized carbons (Fsp3) is 0.250. The van der Waals surface area contributed by atoms with Crippen molar-refractivity contribution in [3.63, 3.8) is 0 Å². The molecule has 0 aliphatic heterocycles. The van der Waals surface area contributed by atoms with E-state index in [1.165, 1.54) is 28.9 Å². The van der Waals surface area contributed by atoms with Crippen LogP contribution >= 0.6 is 0 Å². The Bertz CT molecular complexity index is 1170. The predicted octanol–water partition coefficient (Wildman–Crippen LogP) is 3.11. The van der Waals surface area contributed by atoms with Gasteiger partial charge in [0.1, 0.15) is 5.75 Å². The Labute approximate surface area is 163 Å². The summed E-state index contributed by atoms with van der Waals surface area (Å²) in [5.41, 5.74) is 2.17. The lowest BCUT2D eigenvalue weighted by atomic mass is 10.0. The normalized spacial score (nSPS) is 11.8. The summed E-state index contributed by atoms with van der Waals surface area (Å²) in [7, 11) is -2.08. The quantitative estimate of drug-likeness (QED) is 0.643. The lowest BCUT2D eigenvalue weighted by molar-refractivity contribution is 0.477. The van der Waals surface area contributed by atoms with E-state index in [-0.39, 0.29) is 27.8 Å². The summed E-state index contributed by atoms with van der Waals surface area (Å²) in [4.78, 5) is 12.8. The molecule has 3 rings (SSSR count). The molecule has 0 bridgehead atoms. The molecule has 8 heteroatoms. The third kappa shape index (κ3) is 3.43. The third-order valence-electron chi connectivity index (χ3n) is 4.72. The first-order chi connectivity index (χ1) is 13.1. The molecular formula is C20H23N3O4S. The number of sulfonamides is 1. The van der Waals surface area contributed by atoms with Crippen LogP contribution in [0, 0.1) is 6.92 Å². The molecule has 0 aliphatic carbocycles. The second kappa shape index (κ2) is 7.20. The van der Waals surface area contributed by atoms with Gasteiger partial charge in [-0.05, 0) is 49.2 Å². The summed E-state index contributed by atoms with van der Waals surface area (Å²) in [5.74, 6) is -0.0721. The highest BCUT2D eigenvalue weighted by molar-refractivity contribution is 7.92. The monoisotopic (exact) mass is 401 g/mol. The molecule has 0 aliphatic rings. The largest absolute Gasteiger partial charge is 0.506 e. The van der Waals surface area contributed by atoms with E-state index in [4.69, 9.17) is 0 Å². The molecule has 0 spiro atoms. The van der Waals surface area contributed by atoms with Gasteiger partial charge in [-0.3, -0.25) is 14.2 Å². The van der Waals surface area contributed by atoms with E-state index in [1.807, 2.05) is 20.8 Å². The number of aromatic nitrogens is 2. The molecule has 0 atom stereocenters. The number of nitrogens with zero attached hydrogens (tertiary/aromatic N) is 2. The van der Waals surface area contributed by atoms with Gasteiger partial charge in [0.15, 0.2) is 0 Å². The predicted molar refractivity (Wildman–Crippen MR) is 109 cm³/mol. The van der Waals surface area contributed by atoms with E-state index < -0.39 is 10.0 Å². The van der Waals surface area contributed by atoms with E-state index in [0.29, 0.717) is 5.69 Å². The number of hydrogen-bond donors (Lipinski definition) is 2. The van der Waals surface area contributed by atoms with Crippen LogP contribution in [-0.2, 0) is 17.1 Å². The second-order valence-electron chi connectivity index (χ2n) is 6.91. The van der Waals surface area contributed by atoms with Gasteiger partial charge in [0.25, 0.3) is 15.6 Å². The highest BCUT2D eigenvalue weighted by Crippen LogP contribution is 2.25. The van der Waals surface area contributed by atoms with Crippen molar-refractivity contribution in [2.45, 2.75) is 31.6 Å². The number of phenolic OH excluding ortho intramolecular Hbond substituents is 1. The molecule has 0 unspecified atom stereocenters. The van der Waals surface area contributed by atoms with Crippen LogP contribution in [0.1, 0.15) is 31.0 Å². The Morgan fingerprint density at radius 3 is 2.18 bits per heavy atom. The molecule has 2 N–H and O–H groups in total. The van der Waals surface area contributed by atoms with Crippen LogP contribution < -0.4 is 10.3 Å². The number of phenols is 1. The van der Waals surface area contributed by atoms with Gasteiger partial charge in [0.2, 0.25) is 0 Å². The zero-order valence-corrected chi connectivity index (χ0v) is 17.0. The molecule has 1 heterocycles. The molecule has 2 aromatic carbocycles. The van der Waals surface area contributed by atoms with Gasteiger partial charge in [0, 0.05) is 18.3 Å². The van der Waals surface area contributed by atoms with Crippen molar-refractivity contribution in [3.05, 3.63) is 70.1 Å². The van der Waals surface area contributed by atoms with Crippen molar-refractivity contribution in [3.8, 4) is 11.4 Å². The van der Waals surface area contributed by atoms with Gasteiger partial charge in [-0.1, -0.05) is 26.0 Å². The van der Waals surface area contributed by atoms with E-state index in [0.717, 1.165) is 11.3 Å². The number of para-hydroxylation sites is 2. The highest BCUT2D eigenvalue weighted by Gasteiger charge is 2.20. The van der Waals surface area contributed by atoms with Crippen molar-refractivity contribution in [2.24, 2.45) is 7.05 Å². The molecule has 3 aromatic rings. The molecule has 1 aromatic heterocycles. The Hall–Kier alpha value is -3.00. The molecule has 0 saturated heterocycles. The minimum absolute atomic E-state index is 0.0302. The standard InChI is InChI=1S/C20H23N3O4S/c1-13(2)19-14(3)22(4)23(20(19)25)15-9-11-16(12-10-15)28(26,27)21-17-7-5-6-8-18(17)24/h5-13,21,24H,1-4H3. The van der Waals surface area contributed by atoms with Gasteiger partial charge in [-0.2, -0.15) is 0 Å². The lowest BCUT2D eigenvalue weighted by Gasteiger charge is -2.11. The van der Waals surface area contributed by atoms with Crippen molar-refractivity contribution in [2.75, 3.05) is 4.72 Å². The third-order valence-corrected chi connectivity index (χ3v) is 6.10. The summed E-state index contributed by atoms with van der Waals surface area (Å²) in [6.45, 7) is 5.82. The van der Waals surface area contributed by atoms with Crippen LogP contribution in [0.5, 0.6) is 5.75 Å². The van der Waals surface area contributed by atoms with Crippen molar-refractivity contribution >= 4 is 15.7 Å². The minimum atomic E-state index is -3.88. The van der Waals surface area contributed by atoms with Gasteiger partial charge in [0.05, 0.1) is 16.3 Å². The van der Waals surface area contributed by atoms with Gasteiger partial charge in [-0.15, -0.1) is 0 Å². The summed E-state index contributed by atoms with van der Waals surface area (Å²) in [6, 6.07) is 12.1. The molecule has 0 amide bonds. The van der Waals surface area contributed by atoms with Crippen LogP contribution in [0.4, 0.5) is 5.69 Å². The Morgan fingerprint density at radius 2 is 1.64 bits per heavy atom. The Balaban J connectivity index is 1.98. The minimum Gasteiger partial charge on any atom is -0.506 e. The Kier molecular flexibility index (Phi) is 5.08. The second-order valence-corrected chi connectivity index (χ2v) is 8.59. The SMILES string of the molecule is Cc1c(C(C)C)c(=O)n(-c2ccc(S(=O)(=O)Nc3ccccc3O)cc2)n1C. The number of anilines is 1. The number of rotatable bonds is 5. The first kappa shape index (κ1) is 19.8. The van der Waals surface area contributed by atoms with E-state index in [9.17, 15) is 18.3 Å². The van der Waals surface area contributed by atoms with Crippen LogP contribution in [0.2, 0.25) is 0 Å². The average Bonchev–Trinajstić information content (AvgIpc) is 2.86. The molecule has 28 heavy (non-hydrogen) atoms. The fourth-order valence-corrected chi connectivity index (χ4v) is 4.29. The van der Waals surface area contributed by atoms with Crippen LogP contribution in [0.15, 0.2) is 58.2 Å². The maximum absolute atomic E-state index is 12.8. The van der Waals surface area contributed by atoms with Crippen LogP contribution in [0.3, 0.4) is 0 Å². The highest BCUT2D eigenvalue weighted by atomic mass is 32.2. The molecular weight excluding hydrogens is 378 g/mol. The zero-order valence-electron chi connectivity index (χ0n) is 16.2. The molecule has 0 fully saturated rings. The maximum Gasteiger partial charge on any atom is 0.275 e. The van der Waals surface area contributed by atoms with E-state index >= 15 is 0 Å². The first-order valence-corrected chi connectivity index (χ1v) is 10.3. The van der Waals surface area contributed by atoms with Gasteiger partial charge < -0.3 is 5.11 Å². The molecule has 0 saturated carbocycles. The number of aromatic hydroxyl groups is 1. The summed E-state index contributed by atoms with van der Waals surface area (Å²) < 4.78 is 30.8. The van der Waals surface area contributed by atoms with Gasteiger partial charge in [-0.25, -0.2) is 13.1 Å². The number of nitrogens with one attached hydrogen (secondary N) is 1. The topological polar surface area (TPSA) is 93.3 Å². The Morgan fingerprint density at radius 1 is 1.04 bits per heavy atom. The fourth-order valence-electron chi connectivity index (χ4n) is 3.21. The summed E-state index contributed by atoms with van der Waals surface area (Å²) in [6.07, 6.45) is 0. The molecule has 0 radical (unpaired) electrons. The lowest BCUT2D eigenvalue weighted by Crippen LogP contribution is -2.21. The van der Waals surface area contributed by atoms with Crippen molar-refractivity contribution in [1.82, 2.24) is 9.36 Å². The maximum atomic E-state index is 12.8. The summed E-state index contributed by atoms with van der Waals surface area (Å²) in [5, 5.41) is 9.78. The molecule has 148 valence electrons. The number of hydrogen-bond acceptors (Lipinski definition) is 4. The van der Waals surface area contributed by atoms with E-state index in [1.54, 1.807) is 36.0 Å². The zero-order chi connectivity index (χ0) is 20.6. The van der Waals surface area contributed by atoms with Gasteiger partial charge >= 0.3 is 0 Å². The first-order valence-electron chi connectivity index (χ1n) is 8.83. The average molecular weight is 401 g/mol. The van der Waals surface area contributed by atoms with Crippen LogP contribution in [-0.4, -0.2) is 22.9 Å². The molecule has 7 nitrogen and oxygen atoms in total.